The van der Waals surface area contributed by atoms with Crippen LogP contribution in [-0.4, -0.2) is 46.2 Å². The van der Waals surface area contributed by atoms with E-state index in [4.69, 9.17) is 14.1 Å². The lowest BCUT2D eigenvalue weighted by molar-refractivity contribution is -0.141. The van der Waals surface area contributed by atoms with E-state index < -0.39 is 32.1 Å². The maximum atomic E-state index is 11.0. The Bertz CT molecular complexity index is 352. The molecule has 0 aromatic carbocycles. The molecule has 0 spiro atoms. The summed E-state index contributed by atoms with van der Waals surface area (Å²) in [4.78, 5) is 30.7. The number of hydrogen-bond acceptors (Lipinski definition) is 3. The number of carboxylic acid groups (broad SMARTS) is 1. The van der Waals surface area contributed by atoms with Crippen LogP contribution in [0.15, 0.2) is 0 Å². The van der Waals surface area contributed by atoms with Gasteiger partial charge in [0.1, 0.15) is 6.04 Å². The summed E-state index contributed by atoms with van der Waals surface area (Å²) in [6, 6.07) is -1.48. The molecule has 0 saturated carbocycles. The van der Waals surface area contributed by atoms with E-state index in [9.17, 15) is 14.2 Å². The first-order valence-electron chi connectivity index (χ1n) is 5.26. The third-order valence-corrected chi connectivity index (χ3v) is 2.52. The Morgan fingerprint density at radius 2 is 2.13 bits per heavy atom. The predicted octanol–water partition coefficient (Wildman–Crippen LogP) is -0.959. The largest absolute Gasteiger partial charge is 0.480 e. The van der Waals surface area contributed by atoms with E-state index in [1.165, 1.54) is 0 Å². The monoisotopic (exact) mass is 244 g/mol. The SMILES string of the molecule is O.[2H]C([2H])([2H])C(=O)NC(CCP(C)(=O)O)C(=O)O. The maximum Gasteiger partial charge on any atom is 0.326 e. The molecule has 7 nitrogen and oxygen atoms in total. The quantitative estimate of drug-likeness (QED) is 0.535. The molecule has 0 rings (SSSR count). The van der Waals surface area contributed by atoms with Gasteiger partial charge in [-0.15, -0.1) is 0 Å². The highest BCUT2D eigenvalue weighted by Crippen LogP contribution is 2.35. The standard InChI is InChI=1S/C7H14NO5P.H2O/c1-5(9)8-6(7(10)11)3-4-14(2,12)13;/h6H,3-4H2,1-2H3,(H,8,9)(H,10,11)(H,12,13);1H2/i1D3;. The van der Waals surface area contributed by atoms with Crippen molar-refractivity contribution in [2.24, 2.45) is 0 Å². The zero-order valence-electron chi connectivity index (χ0n) is 11.1. The van der Waals surface area contributed by atoms with E-state index in [2.05, 4.69) is 0 Å². The van der Waals surface area contributed by atoms with Gasteiger partial charge in [0.25, 0.3) is 0 Å². The highest BCUT2D eigenvalue weighted by Gasteiger charge is 2.21. The van der Waals surface area contributed by atoms with E-state index in [0.717, 1.165) is 6.66 Å². The molecule has 0 aliphatic heterocycles. The van der Waals surface area contributed by atoms with Gasteiger partial charge in [0.15, 0.2) is 7.37 Å². The summed E-state index contributed by atoms with van der Waals surface area (Å²) in [6.45, 7) is -1.89. The van der Waals surface area contributed by atoms with Crippen molar-refractivity contribution in [1.29, 1.82) is 0 Å². The molecular weight excluding hydrogens is 225 g/mol. The van der Waals surface area contributed by atoms with Gasteiger partial charge in [-0.05, 0) is 6.42 Å². The number of carbonyl (C=O) groups excluding carboxylic acids is 1. The van der Waals surface area contributed by atoms with Crippen LogP contribution in [0.4, 0.5) is 0 Å². The molecule has 0 fully saturated rings. The van der Waals surface area contributed by atoms with Crippen molar-refractivity contribution in [3.63, 3.8) is 0 Å². The van der Waals surface area contributed by atoms with Crippen molar-refractivity contribution < 1.29 is 33.7 Å². The van der Waals surface area contributed by atoms with Crippen molar-refractivity contribution in [3.05, 3.63) is 0 Å². The second-order valence-corrected chi connectivity index (χ2v) is 5.48. The van der Waals surface area contributed by atoms with Crippen LogP contribution in [0.25, 0.3) is 0 Å². The van der Waals surface area contributed by atoms with E-state index in [1.807, 2.05) is 0 Å². The summed E-state index contributed by atoms with van der Waals surface area (Å²) in [6.07, 6.45) is -0.618. The van der Waals surface area contributed by atoms with Gasteiger partial charge in [-0.2, -0.15) is 0 Å². The highest BCUT2D eigenvalue weighted by molar-refractivity contribution is 7.57. The number of rotatable bonds is 5. The van der Waals surface area contributed by atoms with Crippen molar-refractivity contribution in [2.75, 3.05) is 12.8 Å². The Labute approximate surface area is 91.5 Å². The molecule has 0 aliphatic rings. The molecule has 0 radical (unpaired) electrons. The van der Waals surface area contributed by atoms with Crippen molar-refractivity contribution in [3.8, 4) is 0 Å². The molecule has 15 heavy (non-hydrogen) atoms. The first-order chi connectivity index (χ1) is 7.43. The average Bonchev–Trinajstić information content (AvgIpc) is 2.07. The third-order valence-electron chi connectivity index (χ3n) is 1.44. The Kier molecular flexibility index (Phi) is 4.63. The second kappa shape index (κ2) is 6.55. The summed E-state index contributed by atoms with van der Waals surface area (Å²) in [5, 5.41) is 10.5. The number of hydrogen-bond donors (Lipinski definition) is 3. The highest BCUT2D eigenvalue weighted by atomic mass is 31.2. The van der Waals surface area contributed by atoms with Gasteiger partial charge in [0.05, 0.1) is 0 Å². The van der Waals surface area contributed by atoms with Crippen molar-refractivity contribution in [1.82, 2.24) is 5.32 Å². The fourth-order valence-corrected chi connectivity index (χ4v) is 1.52. The Balaban J connectivity index is 0. The van der Waals surface area contributed by atoms with Gasteiger partial charge in [0, 0.05) is 23.8 Å². The molecule has 0 bridgehead atoms. The number of amides is 1. The second-order valence-electron chi connectivity index (χ2n) is 2.93. The lowest BCUT2D eigenvalue weighted by atomic mass is 10.2. The molecular formula is C7H16NO6P. The van der Waals surface area contributed by atoms with Crippen molar-refractivity contribution in [2.45, 2.75) is 19.3 Å². The van der Waals surface area contributed by atoms with E-state index >= 15 is 0 Å². The maximum absolute atomic E-state index is 11.0. The molecule has 0 aromatic heterocycles. The van der Waals surface area contributed by atoms with E-state index in [-0.39, 0.29) is 18.1 Å². The minimum atomic E-state index is -3.40. The molecule has 5 N–H and O–H groups in total. The summed E-state index contributed by atoms with van der Waals surface area (Å²) in [7, 11) is -3.40. The Morgan fingerprint density at radius 3 is 2.47 bits per heavy atom. The molecule has 8 heteroatoms. The summed E-state index contributed by atoms with van der Waals surface area (Å²) in [5.41, 5.74) is 0. The van der Waals surface area contributed by atoms with Gasteiger partial charge in [0.2, 0.25) is 5.91 Å². The molecule has 90 valence electrons. The summed E-state index contributed by atoms with van der Waals surface area (Å²) < 4.78 is 31.2. The first kappa shape index (κ1) is 10.6. The third kappa shape index (κ3) is 9.40. The van der Waals surface area contributed by atoms with Gasteiger partial charge >= 0.3 is 5.97 Å². The first-order valence-corrected chi connectivity index (χ1v) is 6.06. The number of aliphatic carboxylic acids is 1. The smallest absolute Gasteiger partial charge is 0.326 e. The molecule has 0 aliphatic carbocycles. The number of carboxylic acids is 1. The number of carbonyl (C=O) groups is 2. The molecule has 2 unspecified atom stereocenters. The molecule has 0 heterocycles. The van der Waals surface area contributed by atoms with Crippen LogP contribution in [0.1, 0.15) is 17.4 Å². The summed E-state index contributed by atoms with van der Waals surface area (Å²) >= 11 is 0. The lowest BCUT2D eigenvalue weighted by Crippen LogP contribution is -2.40. The van der Waals surface area contributed by atoms with Crippen LogP contribution < -0.4 is 5.32 Å². The normalized spacial score (nSPS) is 19.5. The number of nitrogens with one attached hydrogen (secondary N) is 1. The van der Waals surface area contributed by atoms with Gasteiger partial charge in [-0.25, -0.2) is 4.79 Å². The zero-order chi connectivity index (χ0) is 13.9. The van der Waals surface area contributed by atoms with Crippen LogP contribution in [0, 0.1) is 0 Å². The van der Waals surface area contributed by atoms with Crippen molar-refractivity contribution >= 4 is 19.2 Å². The van der Waals surface area contributed by atoms with Gasteiger partial charge in [-0.1, -0.05) is 0 Å². The zero-order valence-corrected chi connectivity index (χ0v) is 8.95. The summed E-state index contributed by atoms with van der Waals surface area (Å²) in [5.74, 6) is -2.84. The average molecular weight is 244 g/mol. The molecule has 0 saturated heterocycles. The van der Waals surface area contributed by atoms with Gasteiger partial charge < -0.3 is 20.8 Å². The van der Waals surface area contributed by atoms with Crippen LogP contribution in [-0.2, 0) is 14.2 Å². The van der Waals surface area contributed by atoms with E-state index in [0.29, 0.717) is 0 Å². The Hall–Kier alpha value is -0.910. The predicted molar refractivity (Wildman–Crippen MR) is 54.1 cm³/mol. The topological polar surface area (TPSA) is 135 Å². The Morgan fingerprint density at radius 1 is 1.60 bits per heavy atom. The minimum absolute atomic E-state index is 0. The molecule has 1 amide bonds. The molecule has 0 aromatic rings. The fourth-order valence-electron chi connectivity index (χ4n) is 0.784. The van der Waals surface area contributed by atoms with Crippen LogP contribution in [0.5, 0.6) is 0 Å². The minimum Gasteiger partial charge on any atom is -0.480 e. The van der Waals surface area contributed by atoms with Gasteiger partial charge in [-0.3, -0.25) is 9.36 Å². The lowest BCUT2D eigenvalue weighted by Gasteiger charge is -2.13. The van der Waals surface area contributed by atoms with Crippen LogP contribution in [0.3, 0.4) is 0 Å². The van der Waals surface area contributed by atoms with Crippen LogP contribution >= 0.6 is 7.37 Å². The van der Waals surface area contributed by atoms with E-state index in [1.54, 1.807) is 5.32 Å². The molecule has 2 atom stereocenters. The van der Waals surface area contributed by atoms with Crippen LogP contribution in [0.2, 0.25) is 0 Å². The fraction of sp³-hybridized carbons (Fsp3) is 0.714.